The van der Waals surface area contributed by atoms with E-state index in [1.165, 1.54) is 12.2 Å². The molecule has 0 fully saturated rings. The molecule has 20 heteroatoms. The van der Waals surface area contributed by atoms with Gasteiger partial charge in [0.05, 0.1) is 30.8 Å². The zero-order valence-electron chi connectivity index (χ0n) is 41.3. The van der Waals surface area contributed by atoms with Gasteiger partial charge in [0.1, 0.15) is 17.6 Å². The third-order valence-electron chi connectivity index (χ3n) is 11.2. The summed E-state index contributed by atoms with van der Waals surface area (Å²) in [5.41, 5.74) is 6.22. The summed E-state index contributed by atoms with van der Waals surface area (Å²) < 4.78 is 37.8. The number of rotatable bonds is 23. The molecule has 0 saturated carbocycles. The van der Waals surface area contributed by atoms with Crippen molar-refractivity contribution in [1.29, 1.82) is 0 Å². The average Bonchev–Trinajstić information content (AvgIpc) is 3.76. The molecule has 0 bridgehead atoms. The summed E-state index contributed by atoms with van der Waals surface area (Å²) in [7, 11) is -4.62. The Kier molecular flexibility index (Phi) is 24.3. The maximum absolute atomic E-state index is 12.9. The number of ether oxygens (including phenoxy) is 1. The van der Waals surface area contributed by atoms with Gasteiger partial charge in [-0.2, -0.15) is 8.42 Å². The molecular formula is C56H56IrN8O10S-2. The first-order chi connectivity index (χ1) is 36.3. The summed E-state index contributed by atoms with van der Waals surface area (Å²) in [5.74, 6) is -3.68. The van der Waals surface area contributed by atoms with Crippen LogP contribution >= 0.6 is 0 Å². The van der Waals surface area contributed by atoms with Gasteiger partial charge in [-0.25, -0.2) is 0 Å². The van der Waals surface area contributed by atoms with Gasteiger partial charge >= 0.3 is 0 Å². The topological polar surface area (TPSA) is 257 Å². The van der Waals surface area contributed by atoms with Crippen molar-refractivity contribution in [1.82, 2.24) is 40.8 Å². The van der Waals surface area contributed by atoms with Crippen molar-refractivity contribution in [2.75, 3.05) is 38.6 Å². The molecule has 5 amide bonds. The number of hydrogen-bond donors (Lipinski definition) is 4. The predicted octanol–water partition coefficient (Wildman–Crippen LogP) is 5.88. The Balaban J connectivity index is 0.000000342. The van der Waals surface area contributed by atoms with Crippen LogP contribution in [0.15, 0.2) is 152 Å². The van der Waals surface area contributed by atoms with Gasteiger partial charge in [0.15, 0.2) is 0 Å². The van der Waals surface area contributed by atoms with Gasteiger partial charge in [-0.3, -0.25) is 48.2 Å². The molecule has 5 heterocycles. The summed E-state index contributed by atoms with van der Waals surface area (Å²) in [6, 6.07) is 41.3. The predicted molar refractivity (Wildman–Crippen MR) is 282 cm³/mol. The number of carbonyl (C=O) groups is 6. The number of fused-ring (bicyclic) bond motifs is 3. The Bertz CT molecular complexity index is 2990. The second-order valence-corrected chi connectivity index (χ2v) is 18.3. The number of hydrogen-bond acceptors (Lipinski definition) is 13. The van der Waals surface area contributed by atoms with Crippen LogP contribution in [0.5, 0.6) is 0 Å². The first kappa shape index (κ1) is 59.1. The van der Waals surface area contributed by atoms with Crippen molar-refractivity contribution in [3.8, 4) is 22.5 Å². The molecule has 1 atom stereocenters. The van der Waals surface area contributed by atoms with Crippen LogP contribution in [0.25, 0.3) is 44.3 Å². The Hall–Kier alpha value is -7.74. The monoisotopic (exact) mass is 1230 g/mol. The van der Waals surface area contributed by atoms with Crippen LogP contribution in [-0.4, -0.2) is 118 Å². The van der Waals surface area contributed by atoms with E-state index < -0.39 is 45.5 Å². The molecule has 4 N–H and O–H groups in total. The molecule has 4 aromatic heterocycles. The van der Waals surface area contributed by atoms with Crippen LogP contribution in [0.1, 0.15) is 44.1 Å². The number of amides is 5. The van der Waals surface area contributed by atoms with Crippen LogP contribution < -0.4 is 16.0 Å². The van der Waals surface area contributed by atoms with Gasteiger partial charge in [0, 0.05) is 107 Å². The van der Waals surface area contributed by atoms with Crippen LogP contribution in [0.3, 0.4) is 0 Å². The number of Topliss-reactive ketones (excluding diaryl/α,β-unsaturated/α-hetero) is 1. The first-order valence-electron chi connectivity index (χ1n) is 24.1. The van der Waals surface area contributed by atoms with Crippen molar-refractivity contribution >= 4 is 67.2 Å². The Labute approximate surface area is 454 Å². The number of unbranched alkanes of at least 4 members (excludes halogenated alkanes) is 1. The molecule has 0 aliphatic carbocycles. The number of carbonyl (C=O) groups excluding carboxylic acids is 6. The maximum atomic E-state index is 12.9. The molecule has 7 aromatic rings. The molecule has 1 aliphatic heterocycles. The van der Waals surface area contributed by atoms with Crippen molar-refractivity contribution in [2.45, 2.75) is 51.0 Å². The van der Waals surface area contributed by atoms with Crippen molar-refractivity contribution in [2.24, 2.45) is 0 Å². The molecule has 3 aromatic carbocycles. The van der Waals surface area contributed by atoms with E-state index in [4.69, 9.17) is 4.74 Å². The second-order valence-electron chi connectivity index (χ2n) is 16.8. The molecule has 1 radical (unpaired) electrons. The van der Waals surface area contributed by atoms with Crippen molar-refractivity contribution < 1.29 is 66.6 Å². The summed E-state index contributed by atoms with van der Waals surface area (Å²) in [4.78, 5) is 91.5. The molecule has 0 saturated heterocycles. The van der Waals surface area contributed by atoms with E-state index in [1.54, 1.807) is 36.9 Å². The van der Waals surface area contributed by atoms with E-state index in [2.05, 4.69) is 48.0 Å². The molecule has 18 nitrogen and oxygen atoms in total. The minimum atomic E-state index is -4.62. The van der Waals surface area contributed by atoms with Crippen molar-refractivity contribution in [3.05, 3.63) is 170 Å². The second kappa shape index (κ2) is 31.2. The Morgan fingerprint density at radius 3 is 1.86 bits per heavy atom. The van der Waals surface area contributed by atoms with Gasteiger partial charge < -0.3 is 30.7 Å². The molecule has 76 heavy (non-hydrogen) atoms. The van der Waals surface area contributed by atoms with Crippen LogP contribution in [0.4, 0.5) is 0 Å². The van der Waals surface area contributed by atoms with E-state index in [0.717, 1.165) is 49.3 Å². The number of pyridine rings is 4. The third kappa shape index (κ3) is 19.8. The van der Waals surface area contributed by atoms with Gasteiger partial charge in [-0.15, -0.1) is 71.8 Å². The third-order valence-corrected chi connectivity index (χ3v) is 11.9. The molecule has 1 aliphatic rings. The molecule has 0 spiro atoms. The summed E-state index contributed by atoms with van der Waals surface area (Å²) >= 11 is 0. The summed E-state index contributed by atoms with van der Waals surface area (Å²) in [5, 5.41) is 9.15. The Morgan fingerprint density at radius 1 is 0.645 bits per heavy atom. The van der Waals surface area contributed by atoms with Crippen molar-refractivity contribution in [3.63, 3.8) is 0 Å². The minimum Gasteiger partial charge on any atom is -0.378 e. The van der Waals surface area contributed by atoms with Gasteiger partial charge in [0.2, 0.25) is 17.7 Å². The van der Waals surface area contributed by atoms with Crippen LogP contribution in [0.2, 0.25) is 0 Å². The number of nitrogens with one attached hydrogen (secondary N) is 3. The first-order valence-corrected chi connectivity index (χ1v) is 25.7. The fourth-order valence-corrected chi connectivity index (χ4v) is 8.22. The zero-order valence-corrected chi connectivity index (χ0v) is 44.5. The maximum Gasteiger partial charge on any atom is 0.267 e. The number of aromatic nitrogens is 4. The van der Waals surface area contributed by atoms with Crippen LogP contribution in [-0.2, 0) is 70.1 Å². The standard InChI is InChI=1S/C34H40N6O10S.2C11H8N.Ir/c41-25(21-24-20-23-6-4-14-36-32(23)33-26(24)8-5-15-37-33)7-3-10-29(43)39-27(22-51(47,48)49)34(46)38-13-2-1-9-28(42)35-16-18-50-19-17-40-30(44)11-12-31(40)45;2*1-2-6-10(7-3-1)11-8-4-5-9-12-11;/h4-6,8,11-12,14-15,20,27H,1-3,7,9-10,13,16-19,21-22H2,(H,35,42)(H,38,46)(H,39,43)(H,47,48,49);2*1-6,8-9H;/q;2*-1;. The summed E-state index contributed by atoms with van der Waals surface area (Å²) in [6.45, 7) is 0.732. The summed E-state index contributed by atoms with van der Waals surface area (Å²) in [6.07, 6.45) is 10.4. The number of imide groups is 1. The molecule has 397 valence electrons. The largest absolute Gasteiger partial charge is 0.378 e. The smallest absolute Gasteiger partial charge is 0.267 e. The normalized spacial score (nSPS) is 12.1. The number of benzene rings is 3. The minimum absolute atomic E-state index is 0. The molecular weight excluding hydrogens is 1170 g/mol. The molecule has 1 unspecified atom stereocenters. The van der Waals surface area contributed by atoms with Gasteiger partial charge in [0.25, 0.3) is 21.9 Å². The van der Waals surface area contributed by atoms with E-state index in [1.807, 2.05) is 103 Å². The van der Waals surface area contributed by atoms with Crippen LogP contribution in [0, 0.1) is 12.1 Å². The van der Waals surface area contributed by atoms with E-state index in [-0.39, 0.29) is 96.7 Å². The fourth-order valence-electron chi connectivity index (χ4n) is 7.56. The fraction of sp³-hybridized carbons (Fsp3) is 0.250. The number of ketones is 1. The van der Waals surface area contributed by atoms with Gasteiger partial charge in [-0.1, -0.05) is 36.4 Å². The zero-order chi connectivity index (χ0) is 53.3. The Morgan fingerprint density at radius 2 is 1.25 bits per heavy atom. The SMILES string of the molecule is O=C(CCCC(=O)NC(CS(=O)(=O)O)C(=O)NCCCCC(=O)NCCOCCN1C(=O)C=CC1=O)Cc1cc2cccnc2c2ncccc12.[Ir].[c-]1ccccc1-c1ccccn1.[c-]1ccccc1-c1ccccn1. The van der Waals surface area contributed by atoms with E-state index in [0.29, 0.717) is 18.4 Å². The molecule has 8 rings (SSSR count). The number of nitrogens with zero attached hydrogens (tertiary/aromatic N) is 5. The van der Waals surface area contributed by atoms with Gasteiger partial charge in [-0.05, 0) is 66.5 Å². The quantitative estimate of drug-likeness (QED) is 0.0192. The average molecular weight is 1230 g/mol. The van der Waals surface area contributed by atoms with E-state index in [9.17, 15) is 41.7 Å². The van der Waals surface area contributed by atoms with E-state index >= 15 is 0 Å².